The Kier molecular flexibility index (Phi) is 7.18. The van der Waals surface area contributed by atoms with Gasteiger partial charge in [0, 0.05) is 11.5 Å². The number of nitrogens with zero attached hydrogens (tertiary/aromatic N) is 3. The van der Waals surface area contributed by atoms with E-state index in [9.17, 15) is 34.9 Å². The van der Waals surface area contributed by atoms with Crippen LogP contribution in [0.25, 0.3) is 5.69 Å². The Morgan fingerprint density at radius 2 is 1.39 bits per heavy atom. The van der Waals surface area contributed by atoms with Crippen molar-refractivity contribution in [1.82, 2.24) is 9.78 Å². The third kappa shape index (κ3) is 4.44. The largest absolute Gasteiger partial charge is 1.00 e. The van der Waals surface area contributed by atoms with Crippen LogP contribution in [0, 0.1) is 34.5 Å². The molecule has 0 saturated heterocycles. The minimum atomic E-state index is -3.67. The molecular formula is C15H15BF9N3. The predicted octanol–water partition coefficient (Wildman–Crippen LogP) is 1.27. The molecule has 1 atom stereocenters. The van der Waals surface area contributed by atoms with Gasteiger partial charge in [0.05, 0.1) is 6.04 Å². The van der Waals surface area contributed by atoms with Gasteiger partial charge in [0.2, 0.25) is 41.1 Å². The molecule has 3 rings (SSSR count). The van der Waals surface area contributed by atoms with E-state index in [4.69, 9.17) is 0 Å². The topological polar surface area (TPSA) is 21.7 Å². The fourth-order valence-electron chi connectivity index (χ4n) is 2.98. The average Bonchev–Trinajstić information content (AvgIpc) is 3.10. The molecule has 0 fully saturated rings. The van der Waals surface area contributed by atoms with E-state index in [1.807, 2.05) is 20.8 Å². The van der Waals surface area contributed by atoms with E-state index < -0.39 is 42.3 Å². The maximum absolute atomic E-state index is 13.9. The summed E-state index contributed by atoms with van der Waals surface area (Å²) >= 11 is 0. The second-order valence-corrected chi connectivity index (χ2v) is 6.97. The molecule has 28 heavy (non-hydrogen) atoms. The molecule has 0 amide bonds. The molecule has 0 aliphatic carbocycles. The summed E-state index contributed by atoms with van der Waals surface area (Å²) in [5.74, 6) is -9.37. The molecule has 156 valence electrons. The summed E-state index contributed by atoms with van der Waals surface area (Å²) in [5.41, 5.74) is -1.18. The average molecular weight is 419 g/mol. The van der Waals surface area contributed by atoms with Gasteiger partial charge in [0.25, 0.3) is 5.82 Å². The molecule has 1 aromatic carbocycles. The normalized spacial score (nSPS) is 15.5. The van der Waals surface area contributed by atoms with Crippen LogP contribution in [-0.2, 0) is 6.42 Å². The van der Waals surface area contributed by atoms with E-state index in [-0.39, 0.29) is 16.2 Å². The van der Waals surface area contributed by atoms with Crippen LogP contribution in [0.1, 0.15) is 39.1 Å². The molecule has 1 aliphatic heterocycles. The van der Waals surface area contributed by atoms with Crippen molar-refractivity contribution in [3.63, 3.8) is 0 Å². The van der Waals surface area contributed by atoms with Crippen LogP contribution in [0.4, 0.5) is 34.9 Å². The number of hydrogen-bond donors (Lipinski definition) is 0. The zero-order chi connectivity index (χ0) is 20.7. The fraction of sp³-hybridized carbons (Fsp3) is 0.467. The summed E-state index contributed by atoms with van der Waals surface area (Å²) in [6, 6.07) is 0.0347. The first-order valence-corrected chi connectivity index (χ1v) is 7.80. The van der Waals surface area contributed by atoms with Gasteiger partial charge in [-0.1, -0.05) is 25.5 Å². The van der Waals surface area contributed by atoms with Crippen LogP contribution >= 0.6 is 0 Å². The molecule has 0 N–H and O–H groups in total. The summed E-state index contributed by atoms with van der Waals surface area (Å²) in [6.07, 6.45) is 2.67. The number of rotatable bonds is 1. The zero-order valence-corrected chi connectivity index (χ0v) is 14.9. The van der Waals surface area contributed by atoms with Crippen molar-refractivity contribution >= 4 is 7.54 Å². The summed E-state index contributed by atoms with van der Waals surface area (Å²) in [5, 5.41) is 4.00. The highest BCUT2D eigenvalue weighted by molar-refractivity contribution is 6.33. The SMILES string of the molecule is CC(C)(C)[C@H]1CCc2nn(-c3c(F)c(F)c(F)c(F)c3F)c[n+]21.FB(F)F.[F-]. The Morgan fingerprint density at radius 1 is 0.964 bits per heavy atom. The summed E-state index contributed by atoms with van der Waals surface area (Å²) in [4.78, 5) is 0. The smallest absolute Gasteiger partial charge is 0.762 e. The van der Waals surface area contributed by atoms with Crippen LogP contribution < -0.4 is 9.27 Å². The zero-order valence-electron chi connectivity index (χ0n) is 14.9. The van der Waals surface area contributed by atoms with Gasteiger partial charge in [-0.2, -0.15) is 8.78 Å². The van der Waals surface area contributed by atoms with Crippen molar-refractivity contribution in [3.8, 4) is 5.69 Å². The minimum absolute atomic E-state index is 0. The lowest BCUT2D eigenvalue weighted by atomic mass is 9.85. The summed E-state index contributed by atoms with van der Waals surface area (Å²) < 4.78 is 99.1. The lowest BCUT2D eigenvalue weighted by Gasteiger charge is -2.24. The first-order chi connectivity index (χ1) is 12.4. The van der Waals surface area contributed by atoms with Crippen molar-refractivity contribution in [2.24, 2.45) is 5.41 Å². The number of aromatic nitrogens is 3. The number of hydrogen-bond acceptors (Lipinski definition) is 1. The molecule has 0 radical (unpaired) electrons. The third-order valence-electron chi connectivity index (χ3n) is 4.15. The van der Waals surface area contributed by atoms with Crippen molar-refractivity contribution in [2.45, 2.75) is 39.7 Å². The molecule has 0 unspecified atom stereocenters. The molecule has 0 saturated carbocycles. The van der Waals surface area contributed by atoms with Crippen LogP contribution in [0.3, 0.4) is 0 Å². The Hall–Kier alpha value is -2.21. The van der Waals surface area contributed by atoms with Gasteiger partial charge in [0.1, 0.15) is 0 Å². The summed E-state index contributed by atoms with van der Waals surface area (Å²) in [6.45, 7) is 6.03. The Balaban J connectivity index is 0.000000717. The van der Waals surface area contributed by atoms with Gasteiger partial charge in [-0.15, -0.1) is 0 Å². The van der Waals surface area contributed by atoms with Crippen LogP contribution in [0.2, 0.25) is 0 Å². The van der Waals surface area contributed by atoms with Crippen LogP contribution in [-0.4, -0.2) is 17.3 Å². The maximum Gasteiger partial charge on any atom is 0.762 e. The van der Waals surface area contributed by atoms with E-state index >= 15 is 0 Å². The number of aryl methyl sites for hydroxylation is 1. The van der Waals surface area contributed by atoms with Crippen LogP contribution in [0.5, 0.6) is 0 Å². The van der Waals surface area contributed by atoms with Gasteiger partial charge in [0.15, 0.2) is 0 Å². The third-order valence-corrected chi connectivity index (χ3v) is 4.15. The van der Waals surface area contributed by atoms with E-state index in [2.05, 4.69) is 5.10 Å². The van der Waals surface area contributed by atoms with Crippen molar-refractivity contribution in [3.05, 3.63) is 41.2 Å². The first-order valence-electron chi connectivity index (χ1n) is 7.80. The fourth-order valence-corrected chi connectivity index (χ4v) is 2.98. The molecule has 1 aliphatic rings. The Labute approximate surface area is 154 Å². The quantitative estimate of drug-likeness (QED) is 0.225. The first kappa shape index (κ1) is 23.8. The monoisotopic (exact) mass is 419 g/mol. The number of halogens is 9. The predicted molar refractivity (Wildman–Crippen MR) is 79.4 cm³/mol. The maximum atomic E-state index is 13.9. The van der Waals surface area contributed by atoms with E-state index in [1.165, 1.54) is 6.33 Å². The van der Waals surface area contributed by atoms with Crippen LogP contribution in [0.15, 0.2) is 6.33 Å². The van der Waals surface area contributed by atoms with E-state index in [1.54, 1.807) is 4.57 Å². The standard InChI is InChI=1S/C15H15F5N3.BF3.FH/c1-15(2,3)7-4-5-8-21-23(6-22(7)8)14-12(19)10(17)9(16)11(18)13(14)20;2-1(3)4;/h6-7H,4-5H2,1-3H3;;1H/q+1;;/p-1/t7-;;/m1../s1. The van der Waals surface area contributed by atoms with E-state index in [0.717, 1.165) is 11.1 Å². The van der Waals surface area contributed by atoms with Crippen molar-refractivity contribution < 1.29 is 44.2 Å². The molecule has 3 nitrogen and oxygen atoms in total. The van der Waals surface area contributed by atoms with Gasteiger partial charge >= 0.3 is 7.54 Å². The van der Waals surface area contributed by atoms with Gasteiger partial charge < -0.3 is 4.70 Å². The summed E-state index contributed by atoms with van der Waals surface area (Å²) in [7, 11) is -3.67. The molecule has 2 heterocycles. The highest BCUT2D eigenvalue weighted by atomic mass is 19.4. The van der Waals surface area contributed by atoms with Gasteiger partial charge in [-0.3, -0.25) is 12.9 Å². The van der Waals surface area contributed by atoms with E-state index in [0.29, 0.717) is 12.2 Å². The lowest BCUT2D eigenvalue weighted by Crippen LogP contribution is -3.00. The highest BCUT2D eigenvalue weighted by Gasteiger charge is 2.40. The lowest BCUT2D eigenvalue weighted by molar-refractivity contribution is -0.729. The number of benzene rings is 1. The molecule has 0 bridgehead atoms. The van der Waals surface area contributed by atoms with Gasteiger partial charge in [-0.25, -0.2) is 17.7 Å². The molecular weight excluding hydrogens is 404 g/mol. The molecule has 13 heteroatoms. The van der Waals surface area contributed by atoms with Crippen molar-refractivity contribution in [2.75, 3.05) is 0 Å². The number of fused-ring (bicyclic) bond motifs is 1. The molecule has 2 aromatic rings. The second kappa shape index (κ2) is 8.44. The molecule has 1 aromatic heterocycles. The Morgan fingerprint density at radius 3 is 1.82 bits per heavy atom. The molecule has 0 spiro atoms. The minimum Gasteiger partial charge on any atom is -1.00 e. The van der Waals surface area contributed by atoms with Crippen molar-refractivity contribution in [1.29, 1.82) is 0 Å². The van der Waals surface area contributed by atoms with Gasteiger partial charge in [-0.05, 0) is 11.8 Å². The Bertz CT molecular complexity index is 816. The second-order valence-electron chi connectivity index (χ2n) is 6.97. The highest BCUT2D eigenvalue weighted by Crippen LogP contribution is 2.34.